The van der Waals surface area contributed by atoms with Crippen LogP contribution in [0, 0.1) is 5.95 Å². The molecule has 0 aliphatic carbocycles. The lowest BCUT2D eigenvalue weighted by atomic mass is 10.1. The number of aryl methyl sites for hydroxylation is 1. The zero-order valence-electron chi connectivity index (χ0n) is 16.5. The van der Waals surface area contributed by atoms with Crippen molar-refractivity contribution in [2.75, 3.05) is 18.4 Å². The number of amides is 2. The third-order valence-corrected chi connectivity index (χ3v) is 5.11. The third-order valence-electron chi connectivity index (χ3n) is 5.11. The zero-order valence-corrected chi connectivity index (χ0v) is 16.5. The number of carbonyl (C=O) groups excluding carboxylic acids is 2. The normalized spacial score (nSPS) is 13.3. The number of hydrogen-bond donors (Lipinski definition) is 1. The van der Waals surface area contributed by atoms with E-state index < -0.39 is 11.9 Å². The van der Waals surface area contributed by atoms with Crippen LogP contribution in [0.25, 0.3) is 17.0 Å². The van der Waals surface area contributed by atoms with Crippen LogP contribution in [0.1, 0.15) is 27.3 Å². The fourth-order valence-corrected chi connectivity index (χ4v) is 3.37. The lowest BCUT2D eigenvalue weighted by molar-refractivity contribution is 0.0648. The summed E-state index contributed by atoms with van der Waals surface area (Å²) in [5.41, 5.74) is 1.88. The molecule has 1 saturated heterocycles. The van der Waals surface area contributed by atoms with Crippen molar-refractivity contribution in [1.29, 1.82) is 0 Å². The number of nitrogens with one attached hydrogen (secondary N) is 1. The van der Waals surface area contributed by atoms with Crippen LogP contribution >= 0.6 is 0 Å². The second kappa shape index (κ2) is 7.27. The Morgan fingerprint density at radius 1 is 1.19 bits per heavy atom. The molecule has 1 fully saturated rings. The molecule has 0 saturated carbocycles. The summed E-state index contributed by atoms with van der Waals surface area (Å²) < 4.78 is 16.3. The van der Waals surface area contributed by atoms with Crippen molar-refractivity contribution >= 4 is 23.1 Å². The number of nitrogens with zero attached hydrogens (tertiary/aromatic N) is 7. The van der Waals surface area contributed by atoms with Gasteiger partial charge in [0.15, 0.2) is 11.5 Å². The smallest absolute Gasteiger partial charge is 0.274 e. The Balaban J connectivity index is 1.41. The highest BCUT2D eigenvalue weighted by Crippen LogP contribution is 2.20. The molecule has 0 spiro atoms. The van der Waals surface area contributed by atoms with Crippen LogP contribution in [-0.4, -0.2) is 59.2 Å². The highest BCUT2D eigenvalue weighted by atomic mass is 19.1. The largest absolute Gasteiger partial charge is 0.338 e. The molecule has 4 aromatic heterocycles. The molecule has 1 aliphatic heterocycles. The molecule has 0 atom stereocenters. The minimum Gasteiger partial charge on any atom is -0.338 e. The molecule has 0 aromatic carbocycles. The lowest BCUT2D eigenvalue weighted by Gasteiger charge is -2.30. The number of carbonyl (C=O) groups is 2. The maximum atomic E-state index is 13.4. The molecule has 0 radical (unpaired) electrons. The van der Waals surface area contributed by atoms with E-state index in [0.717, 1.165) is 6.42 Å². The van der Waals surface area contributed by atoms with Gasteiger partial charge in [-0.1, -0.05) is 0 Å². The first-order chi connectivity index (χ1) is 15.0. The number of aromatic nitrogens is 6. The Kier molecular flexibility index (Phi) is 4.42. The number of halogens is 1. The summed E-state index contributed by atoms with van der Waals surface area (Å²) in [6.45, 7) is 1.37. The van der Waals surface area contributed by atoms with Crippen LogP contribution in [0.15, 0.2) is 42.9 Å². The fourth-order valence-electron chi connectivity index (χ4n) is 3.37. The molecule has 10 nitrogen and oxygen atoms in total. The van der Waals surface area contributed by atoms with Gasteiger partial charge in [-0.05, 0) is 18.6 Å². The first-order valence-electron chi connectivity index (χ1n) is 9.60. The van der Waals surface area contributed by atoms with Crippen molar-refractivity contribution in [3.63, 3.8) is 0 Å². The monoisotopic (exact) mass is 420 g/mol. The second-order valence-electron chi connectivity index (χ2n) is 7.15. The Morgan fingerprint density at radius 3 is 2.77 bits per heavy atom. The standard InChI is InChI=1S/C20H17FN8O2/c1-27-17(14(11-23-27)20(31)28-6-2-7-28)19(30)24-13-4-8-29-16(10-13)25-18(26-29)12-3-5-22-15(21)9-12/h3-5,8-11H,2,6-7H2,1H3,(H,24,30). The van der Waals surface area contributed by atoms with Crippen LogP contribution in [0.4, 0.5) is 10.1 Å². The predicted octanol–water partition coefficient (Wildman–Crippen LogP) is 1.76. The summed E-state index contributed by atoms with van der Waals surface area (Å²) >= 11 is 0. The molecule has 5 rings (SSSR count). The van der Waals surface area contributed by atoms with Crippen molar-refractivity contribution in [3.8, 4) is 11.4 Å². The van der Waals surface area contributed by atoms with Gasteiger partial charge in [-0.15, -0.1) is 5.10 Å². The van der Waals surface area contributed by atoms with E-state index in [2.05, 4.69) is 25.5 Å². The topological polar surface area (TPSA) is 110 Å². The quantitative estimate of drug-likeness (QED) is 0.504. The first kappa shape index (κ1) is 18.9. The average molecular weight is 420 g/mol. The SMILES string of the molecule is Cn1ncc(C(=O)N2CCC2)c1C(=O)Nc1ccn2nc(-c3ccnc(F)c3)nc2c1. The van der Waals surface area contributed by atoms with Gasteiger partial charge in [-0.25, -0.2) is 14.5 Å². The van der Waals surface area contributed by atoms with Crippen molar-refractivity contribution < 1.29 is 14.0 Å². The van der Waals surface area contributed by atoms with Gasteiger partial charge in [0.2, 0.25) is 5.95 Å². The Bertz CT molecular complexity index is 1320. The minimum absolute atomic E-state index is 0.186. The van der Waals surface area contributed by atoms with E-state index >= 15 is 0 Å². The van der Waals surface area contributed by atoms with E-state index in [1.165, 1.54) is 27.7 Å². The summed E-state index contributed by atoms with van der Waals surface area (Å²) in [7, 11) is 1.61. The van der Waals surface area contributed by atoms with Gasteiger partial charge in [0.1, 0.15) is 5.69 Å². The van der Waals surface area contributed by atoms with Crippen molar-refractivity contribution in [1.82, 2.24) is 34.3 Å². The summed E-state index contributed by atoms with van der Waals surface area (Å²) in [5.74, 6) is -0.946. The van der Waals surface area contributed by atoms with Crippen molar-refractivity contribution in [3.05, 3.63) is 60.1 Å². The van der Waals surface area contributed by atoms with Gasteiger partial charge in [0.25, 0.3) is 11.8 Å². The molecule has 0 unspecified atom stereocenters. The Morgan fingerprint density at radius 2 is 2.03 bits per heavy atom. The molecule has 2 amide bonds. The molecular formula is C20H17FN8O2. The van der Waals surface area contributed by atoms with Gasteiger partial charge in [-0.3, -0.25) is 14.3 Å². The van der Waals surface area contributed by atoms with Crippen molar-refractivity contribution in [2.45, 2.75) is 6.42 Å². The van der Waals surface area contributed by atoms with Crippen LogP contribution in [0.5, 0.6) is 0 Å². The van der Waals surface area contributed by atoms with Crippen LogP contribution in [-0.2, 0) is 7.05 Å². The molecule has 11 heteroatoms. The van der Waals surface area contributed by atoms with Gasteiger partial charge in [0.05, 0.1) is 11.8 Å². The van der Waals surface area contributed by atoms with Gasteiger partial charge >= 0.3 is 0 Å². The maximum Gasteiger partial charge on any atom is 0.274 e. The maximum absolute atomic E-state index is 13.4. The molecule has 4 aromatic rings. The number of anilines is 1. The van der Waals surface area contributed by atoms with Crippen LogP contribution in [0.2, 0.25) is 0 Å². The highest BCUT2D eigenvalue weighted by Gasteiger charge is 2.28. The third kappa shape index (κ3) is 3.39. The zero-order chi connectivity index (χ0) is 21.5. The summed E-state index contributed by atoms with van der Waals surface area (Å²) in [6.07, 6.45) is 5.35. The van der Waals surface area contributed by atoms with Crippen LogP contribution in [0.3, 0.4) is 0 Å². The minimum atomic E-state index is -0.621. The fraction of sp³-hybridized carbons (Fsp3) is 0.200. The van der Waals surface area contributed by atoms with Crippen LogP contribution < -0.4 is 5.32 Å². The van der Waals surface area contributed by atoms with E-state index in [4.69, 9.17) is 0 Å². The van der Waals surface area contributed by atoms with Crippen molar-refractivity contribution in [2.24, 2.45) is 7.05 Å². The van der Waals surface area contributed by atoms with Gasteiger partial charge < -0.3 is 10.2 Å². The number of likely N-dealkylation sites (tertiary alicyclic amines) is 1. The first-order valence-corrected chi connectivity index (χ1v) is 9.60. The summed E-state index contributed by atoms with van der Waals surface area (Å²) in [4.78, 5) is 35.1. The molecule has 1 aliphatic rings. The molecule has 0 bridgehead atoms. The summed E-state index contributed by atoms with van der Waals surface area (Å²) in [6, 6.07) is 6.15. The molecular weight excluding hydrogens is 403 g/mol. The van der Waals surface area contributed by atoms with E-state index in [9.17, 15) is 14.0 Å². The molecule has 156 valence electrons. The van der Waals surface area contributed by atoms with E-state index in [1.807, 2.05) is 0 Å². The molecule has 31 heavy (non-hydrogen) atoms. The second-order valence-corrected chi connectivity index (χ2v) is 7.15. The van der Waals surface area contributed by atoms with E-state index in [-0.39, 0.29) is 17.2 Å². The lowest BCUT2D eigenvalue weighted by Crippen LogP contribution is -2.42. The average Bonchev–Trinajstić information content (AvgIpc) is 3.29. The molecule has 1 N–H and O–H groups in total. The number of rotatable bonds is 4. The van der Waals surface area contributed by atoms with Gasteiger partial charge in [-0.2, -0.15) is 9.49 Å². The predicted molar refractivity (Wildman–Crippen MR) is 108 cm³/mol. The van der Waals surface area contributed by atoms with Gasteiger partial charge in [0, 0.05) is 55.9 Å². The number of fused-ring (bicyclic) bond motifs is 1. The Hall–Kier alpha value is -4.15. The molecule has 5 heterocycles. The Labute approximate surface area is 175 Å². The number of pyridine rings is 2. The summed E-state index contributed by atoms with van der Waals surface area (Å²) in [5, 5.41) is 11.2. The van der Waals surface area contributed by atoms with E-state index in [1.54, 1.807) is 36.3 Å². The number of hydrogen-bond acceptors (Lipinski definition) is 6. The highest BCUT2D eigenvalue weighted by molar-refractivity contribution is 6.11. The van der Waals surface area contributed by atoms with E-state index in [0.29, 0.717) is 35.8 Å².